The average molecular weight is 737 g/mol. The van der Waals surface area contributed by atoms with E-state index in [1.54, 1.807) is 0 Å². The van der Waals surface area contributed by atoms with Crippen LogP contribution in [0.25, 0.3) is 122 Å². The summed E-state index contributed by atoms with van der Waals surface area (Å²) < 4.78 is 0. The lowest BCUT2D eigenvalue weighted by Gasteiger charge is -2.21. The highest BCUT2D eigenvalue weighted by Crippen LogP contribution is 2.57. The number of benzene rings is 7. The zero-order valence-electron chi connectivity index (χ0n) is 31.3. The van der Waals surface area contributed by atoms with Crippen molar-refractivity contribution in [1.82, 2.24) is 19.9 Å². The van der Waals surface area contributed by atoms with Crippen LogP contribution in [0.2, 0.25) is 0 Å². The molecular formula is C54H32N4. The molecule has 0 saturated heterocycles. The quantitative estimate of drug-likeness (QED) is 0.165. The third-order valence-corrected chi connectivity index (χ3v) is 11.7. The molecule has 0 fully saturated rings. The van der Waals surface area contributed by atoms with Crippen LogP contribution in [-0.4, -0.2) is 19.9 Å². The minimum absolute atomic E-state index is 0.861. The predicted octanol–water partition coefficient (Wildman–Crippen LogP) is 13.9. The Morgan fingerprint density at radius 2 is 0.793 bits per heavy atom. The summed E-state index contributed by atoms with van der Waals surface area (Å²) in [6.45, 7) is 0. The van der Waals surface area contributed by atoms with Crippen LogP contribution in [0.5, 0.6) is 0 Å². The van der Waals surface area contributed by atoms with Crippen molar-refractivity contribution in [1.29, 1.82) is 0 Å². The number of fused-ring (bicyclic) bond motifs is 7. The van der Waals surface area contributed by atoms with E-state index in [2.05, 4.69) is 162 Å². The van der Waals surface area contributed by atoms with Crippen LogP contribution in [0.3, 0.4) is 0 Å². The zero-order valence-corrected chi connectivity index (χ0v) is 31.3. The summed E-state index contributed by atoms with van der Waals surface area (Å²) >= 11 is 0. The lowest BCUT2D eigenvalue weighted by Crippen LogP contribution is -1.94. The Bertz CT molecular complexity index is 3420. The third-order valence-electron chi connectivity index (χ3n) is 11.7. The van der Waals surface area contributed by atoms with Gasteiger partial charge in [-0.2, -0.15) is 0 Å². The van der Waals surface area contributed by atoms with E-state index in [9.17, 15) is 0 Å². The van der Waals surface area contributed by atoms with E-state index >= 15 is 0 Å². The molecule has 4 heterocycles. The highest BCUT2D eigenvalue weighted by molar-refractivity contribution is 6.27. The van der Waals surface area contributed by atoms with Gasteiger partial charge in [0.2, 0.25) is 0 Å². The zero-order chi connectivity index (χ0) is 38.2. The summed E-state index contributed by atoms with van der Waals surface area (Å²) in [5.74, 6) is 0. The molecule has 58 heavy (non-hydrogen) atoms. The molecule has 0 aliphatic heterocycles. The molecular weight excluding hydrogens is 705 g/mol. The Balaban J connectivity index is 1.03. The van der Waals surface area contributed by atoms with Gasteiger partial charge in [-0.25, -0.2) is 9.97 Å². The van der Waals surface area contributed by atoms with Crippen LogP contribution in [0.4, 0.5) is 0 Å². The Morgan fingerprint density at radius 3 is 1.45 bits per heavy atom. The van der Waals surface area contributed by atoms with Crippen molar-refractivity contribution in [3.05, 3.63) is 194 Å². The van der Waals surface area contributed by atoms with Crippen LogP contribution < -0.4 is 0 Å². The van der Waals surface area contributed by atoms with Crippen LogP contribution in [-0.2, 0) is 0 Å². The van der Waals surface area contributed by atoms with E-state index in [-0.39, 0.29) is 0 Å². The maximum atomic E-state index is 5.16. The molecule has 11 aromatic rings. The summed E-state index contributed by atoms with van der Waals surface area (Å²) in [6, 6.07) is 64.9. The molecule has 0 unspecified atom stereocenters. The van der Waals surface area contributed by atoms with Gasteiger partial charge in [-0.3, -0.25) is 9.97 Å². The molecule has 12 rings (SSSR count). The van der Waals surface area contributed by atoms with Gasteiger partial charge in [-0.15, -0.1) is 0 Å². The molecule has 4 aromatic heterocycles. The van der Waals surface area contributed by atoms with Crippen molar-refractivity contribution in [3.63, 3.8) is 0 Å². The molecule has 0 atom stereocenters. The Hall–Kier alpha value is -7.82. The first kappa shape index (κ1) is 32.4. The minimum Gasteiger partial charge on any atom is -0.255 e. The number of rotatable bonds is 5. The van der Waals surface area contributed by atoms with Gasteiger partial charge in [0.15, 0.2) is 0 Å². The number of hydrogen-bond acceptors (Lipinski definition) is 4. The molecule has 4 heteroatoms. The fourth-order valence-electron chi connectivity index (χ4n) is 9.09. The van der Waals surface area contributed by atoms with Crippen molar-refractivity contribution in [3.8, 4) is 78.4 Å². The van der Waals surface area contributed by atoms with Crippen molar-refractivity contribution in [2.24, 2.45) is 0 Å². The van der Waals surface area contributed by atoms with Gasteiger partial charge in [-0.1, -0.05) is 146 Å². The van der Waals surface area contributed by atoms with E-state index in [0.717, 1.165) is 55.7 Å². The number of nitrogens with zero attached hydrogens (tertiary/aromatic N) is 4. The number of pyridine rings is 4. The summed E-state index contributed by atoms with van der Waals surface area (Å²) in [5.41, 5.74) is 17.5. The van der Waals surface area contributed by atoms with Crippen molar-refractivity contribution < 1.29 is 0 Å². The Labute approximate surface area is 334 Å². The molecule has 0 N–H and O–H groups in total. The second kappa shape index (κ2) is 12.9. The first-order valence-electron chi connectivity index (χ1n) is 19.6. The van der Waals surface area contributed by atoms with Crippen LogP contribution in [0, 0.1) is 0 Å². The summed E-state index contributed by atoms with van der Waals surface area (Å²) in [4.78, 5) is 19.4. The molecule has 4 nitrogen and oxygen atoms in total. The topological polar surface area (TPSA) is 51.6 Å². The smallest absolute Gasteiger partial charge is 0.0972 e. The molecule has 0 spiro atoms. The summed E-state index contributed by atoms with van der Waals surface area (Å²) in [5, 5.41) is 7.19. The maximum absolute atomic E-state index is 5.16. The minimum atomic E-state index is 0.861. The van der Waals surface area contributed by atoms with Crippen LogP contribution in [0.15, 0.2) is 194 Å². The largest absolute Gasteiger partial charge is 0.255 e. The lowest BCUT2D eigenvalue weighted by molar-refractivity contribution is 1.25. The van der Waals surface area contributed by atoms with Crippen molar-refractivity contribution in [2.45, 2.75) is 0 Å². The van der Waals surface area contributed by atoms with Crippen LogP contribution >= 0.6 is 0 Å². The van der Waals surface area contributed by atoms with Gasteiger partial charge in [0.1, 0.15) is 0 Å². The Kier molecular flexibility index (Phi) is 7.20. The van der Waals surface area contributed by atoms with Gasteiger partial charge in [0.05, 0.1) is 33.8 Å². The molecule has 1 aliphatic rings. The fraction of sp³-hybridized carbons (Fsp3) is 0. The van der Waals surface area contributed by atoms with Gasteiger partial charge in [-0.05, 0) is 102 Å². The third kappa shape index (κ3) is 5.02. The van der Waals surface area contributed by atoms with Crippen LogP contribution in [0.1, 0.15) is 0 Å². The summed E-state index contributed by atoms with van der Waals surface area (Å²) in [7, 11) is 0. The highest BCUT2D eigenvalue weighted by atomic mass is 14.8. The SMILES string of the molecule is c1ccc(-c2cccc(-c3ccc(-c4c5c(c(-c6ccc(-c7ccc8ccc9cccnc9c8n7)cc6)c6ccccc46)-c4cccc6cccc-5c46)cc3)n2)nc1. The molecule has 268 valence electrons. The number of hydrogen-bond donors (Lipinski definition) is 0. The normalized spacial score (nSPS) is 11.8. The van der Waals surface area contributed by atoms with Crippen molar-refractivity contribution in [2.75, 3.05) is 0 Å². The second-order valence-corrected chi connectivity index (χ2v) is 14.9. The first-order chi connectivity index (χ1) is 28.8. The van der Waals surface area contributed by atoms with Gasteiger partial charge < -0.3 is 0 Å². The monoisotopic (exact) mass is 736 g/mol. The standard InChI is InChI=1S/C54H32N4/c1-2-13-41-40(12-1)49(36-23-19-33(20-24-36)44-17-7-18-47(57-44)46-16-3-4-31-55-46)51-42-14-5-9-35-10-6-15-43(48(35)42)52(51)50(41)37-25-21-34(22-26-37)45-30-29-39-28-27-38-11-8-32-56-53(38)54(39)58-45/h1-32H. The highest BCUT2D eigenvalue weighted by Gasteiger charge is 2.30. The van der Waals surface area contributed by atoms with E-state index < -0.39 is 0 Å². The molecule has 0 radical (unpaired) electrons. The fourth-order valence-corrected chi connectivity index (χ4v) is 9.09. The maximum Gasteiger partial charge on any atom is 0.0972 e. The van der Waals surface area contributed by atoms with Gasteiger partial charge in [0, 0.05) is 34.3 Å². The summed E-state index contributed by atoms with van der Waals surface area (Å²) in [6.07, 6.45) is 3.65. The number of aromatic nitrogens is 4. The molecule has 0 saturated carbocycles. The second-order valence-electron chi connectivity index (χ2n) is 14.9. The predicted molar refractivity (Wildman–Crippen MR) is 239 cm³/mol. The molecule has 0 bridgehead atoms. The van der Waals surface area contributed by atoms with E-state index in [1.807, 2.05) is 42.7 Å². The van der Waals surface area contributed by atoms with E-state index in [4.69, 9.17) is 9.97 Å². The molecule has 0 amide bonds. The molecule has 7 aromatic carbocycles. The van der Waals surface area contributed by atoms with E-state index in [0.29, 0.717) is 0 Å². The van der Waals surface area contributed by atoms with Gasteiger partial charge in [0.25, 0.3) is 0 Å². The molecule has 1 aliphatic carbocycles. The van der Waals surface area contributed by atoms with E-state index in [1.165, 1.54) is 66.1 Å². The Morgan fingerprint density at radius 1 is 0.276 bits per heavy atom. The van der Waals surface area contributed by atoms with Crippen molar-refractivity contribution >= 4 is 43.4 Å². The van der Waals surface area contributed by atoms with Gasteiger partial charge >= 0.3 is 0 Å². The average Bonchev–Trinajstić information content (AvgIpc) is 3.63. The lowest BCUT2D eigenvalue weighted by atomic mass is 9.82. The first-order valence-corrected chi connectivity index (χ1v) is 19.6.